The second-order valence-electron chi connectivity index (χ2n) is 5.04. The Bertz CT molecular complexity index is 588. The van der Waals surface area contributed by atoms with E-state index in [0.717, 1.165) is 32.1 Å². The number of aromatic nitrogens is 1. The molecular weight excluding hydrogens is 274 g/mol. The Morgan fingerprint density at radius 1 is 1.45 bits per heavy atom. The molecule has 1 aromatic heterocycles. The maximum Gasteiger partial charge on any atom is 0.244 e. The van der Waals surface area contributed by atoms with Gasteiger partial charge in [0.1, 0.15) is 16.7 Å². The molecule has 1 aromatic rings. The van der Waals surface area contributed by atoms with E-state index in [-0.39, 0.29) is 16.6 Å². The normalized spacial score (nSPS) is 20.5. The monoisotopic (exact) mass is 293 g/mol. The molecule has 1 unspecified atom stereocenters. The number of pyridine rings is 1. The van der Waals surface area contributed by atoms with Gasteiger partial charge in [-0.3, -0.25) is 0 Å². The van der Waals surface area contributed by atoms with Crippen LogP contribution < -0.4 is 0 Å². The van der Waals surface area contributed by atoms with Crippen LogP contribution in [0.5, 0.6) is 0 Å². The Balaban J connectivity index is 2.29. The Hall–Kier alpha value is -1.45. The summed E-state index contributed by atoms with van der Waals surface area (Å²) in [5, 5.41) is 8.72. The van der Waals surface area contributed by atoms with Gasteiger partial charge in [-0.05, 0) is 31.4 Å². The van der Waals surface area contributed by atoms with Gasteiger partial charge >= 0.3 is 0 Å². The van der Waals surface area contributed by atoms with Crippen molar-refractivity contribution in [2.75, 3.05) is 6.54 Å². The van der Waals surface area contributed by atoms with Crippen molar-refractivity contribution in [3.05, 3.63) is 24.0 Å². The van der Waals surface area contributed by atoms with Crippen LogP contribution in [0.2, 0.25) is 0 Å². The molecule has 1 aliphatic heterocycles. The molecule has 2 rings (SSSR count). The molecular formula is C14H19N3O2S. The average Bonchev–Trinajstić information content (AvgIpc) is 2.48. The van der Waals surface area contributed by atoms with Crippen LogP contribution in [0.3, 0.4) is 0 Å². The summed E-state index contributed by atoms with van der Waals surface area (Å²) < 4.78 is 27.0. The molecule has 6 heteroatoms. The Morgan fingerprint density at radius 3 is 2.85 bits per heavy atom. The smallest absolute Gasteiger partial charge is 0.244 e. The van der Waals surface area contributed by atoms with Crippen LogP contribution in [0.25, 0.3) is 0 Å². The lowest BCUT2D eigenvalue weighted by Gasteiger charge is -2.34. The van der Waals surface area contributed by atoms with Crippen molar-refractivity contribution in [3.8, 4) is 6.07 Å². The highest BCUT2D eigenvalue weighted by Crippen LogP contribution is 2.27. The summed E-state index contributed by atoms with van der Waals surface area (Å²) >= 11 is 0. The first-order valence-corrected chi connectivity index (χ1v) is 8.41. The zero-order chi connectivity index (χ0) is 14.6. The molecule has 1 fully saturated rings. The molecule has 0 aromatic carbocycles. The molecule has 0 amide bonds. The summed E-state index contributed by atoms with van der Waals surface area (Å²) in [6.45, 7) is 2.65. The van der Waals surface area contributed by atoms with Crippen molar-refractivity contribution >= 4 is 10.0 Å². The van der Waals surface area contributed by atoms with E-state index in [9.17, 15) is 8.42 Å². The van der Waals surface area contributed by atoms with Gasteiger partial charge in [-0.1, -0.05) is 19.8 Å². The standard InChI is InChI=1S/C14H19N3O2S/c1-2-5-13-6-3-4-9-17(13)20(18,19)14-8-7-12(10-15)16-11-14/h7-8,11,13H,2-6,9H2,1H3. The summed E-state index contributed by atoms with van der Waals surface area (Å²) in [6, 6.07) is 4.91. The lowest BCUT2D eigenvalue weighted by molar-refractivity contribution is 0.239. The van der Waals surface area contributed by atoms with Crippen molar-refractivity contribution < 1.29 is 8.42 Å². The van der Waals surface area contributed by atoms with E-state index in [4.69, 9.17) is 5.26 Å². The minimum atomic E-state index is -3.50. The van der Waals surface area contributed by atoms with Gasteiger partial charge < -0.3 is 0 Å². The van der Waals surface area contributed by atoms with Crippen LogP contribution in [0.15, 0.2) is 23.2 Å². The fraction of sp³-hybridized carbons (Fsp3) is 0.571. The molecule has 0 N–H and O–H groups in total. The number of hydrogen-bond acceptors (Lipinski definition) is 4. The molecule has 1 aliphatic rings. The van der Waals surface area contributed by atoms with Gasteiger partial charge in [-0.25, -0.2) is 13.4 Å². The highest BCUT2D eigenvalue weighted by molar-refractivity contribution is 7.89. The van der Waals surface area contributed by atoms with E-state index in [2.05, 4.69) is 11.9 Å². The molecule has 1 saturated heterocycles. The lowest BCUT2D eigenvalue weighted by atomic mass is 10.0. The zero-order valence-electron chi connectivity index (χ0n) is 11.6. The quantitative estimate of drug-likeness (QED) is 0.853. The maximum atomic E-state index is 12.7. The number of hydrogen-bond donors (Lipinski definition) is 0. The highest BCUT2D eigenvalue weighted by atomic mass is 32.2. The Kier molecular flexibility index (Phi) is 4.73. The van der Waals surface area contributed by atoms with Gasteiger partial charge in [-0.2, -0.15) is 9.57 Å². The number of nitriles is 1. The van der Waals surface area contributed by atoms with Crippen LogP contribution >= 0.6 is 0 Å². The van der Waals surface area contributed by atoms with Crippen LogP contribution in [0, 0.1) is 11.3 Å². The highest BCUT2D eigenvalue weighted by Gasteiger charge is 2.32. The van der Waals surface area contributed by atoms with Crippen molar-refractivity contribution in [1.29, 1.82) is 5.26 Å². The van der Waals surface area contributed by atoms with E-state index in [1.807, 2.05) is 6.07 Å². The van der Waals surface area contributed by atoms with E-state index >= 15 is 0 Å². The minimum absolute atomic E-state index is 0.0920. The van der Waals surface area contributed by atoms with Gasteiger partial charge in [0.25, 0.3) is 0 Å². The first-order valence-electron chi connectivity index (χ1n) is 6.97. The summed E-state index contributed by atoms with van der Waals surface area (Å²) in [5.41, 5.74) is 0.229. The number of nitrogens with zero attached hydrogens (tertiary/aromatic N) is 3. The van der Waals surface area contributed by atoms with Gasteiger partial charge in [0.05, 0.1) is 0 Å². The summed E-state index contributed by atoms with van der Waals surface area (Å²) in [5.74, 6) is 0. The minimum Gasteiger partial charge on any atom is -0.244 e. The Morgan fingerprint density at radius 2 is 2.25 bits per heavy atom. The Labute approximate surface area is 120 Å². The third-order valence-corrected chi connectivity index (χ3v) is 5.59. The zero-order valence-corrected chi connectivity index (χ0v) is 12.4. The molecule has 0 radical (unpaired) electrons. The third kappa shape index (κ3) is 3.00. The SMILES string of the molecule is CCCC1CCCCN1S(=O)(=O)c1ccc(C#N)nc1. The van der Waals surface area contributed by atoms with E-state index in [1.165, 1.54) is 18.3 Å². The fourth-order valence-corrected chi connectivity index (χ4v) is 4.32. The second-order valence-corrected chi connectivity index (χ2v) is 6.94. The molecule has 0 bridgehead atoms. The van der Waals surface area contributed by atoms with E-state index in [1.54, 1.807) is 4.31 Å². The van der Waals surface area contributed by atoms with Crippen molar-refractivity contribution in [3.63, 3.8) is 0 Å². The first kappa shape index (κ1) is 14.9. The van der Waals surface area contributed by atoms with Crippen LogP contribution in [0.1, 0.15) is 44.7 Å². The topological polar surface area (TPSA) is 74.1 Å². The van der Waals surface area contributed by atoms with Crippen LogP contribution in [-0.4, -0.2) is 30.3 Å². The molecule has 2 heterocycles. The average molecular weight is 293 g/mol. The fourth-order valence-electron chi connectivity index (χ4n) is 2.65. The van der Waals surface area contributed by atoms with Gasteiger partial charge in [0.2, 0.25) is 10.0 Å². The number of sulfonamides is 1. The molecule has 1 atom stereocenters. The molecule has 20 heavy (non-hydrogen) atoms. The molecule has 0 spiro atoms. The second kappa shape index (κ2) is 6.33. The van der Waals surface area contributed by atoms with Crippen molar-refractivity contribution in [2.24, 2.45) is 0 Å². The van der Waals surface area contributed by atoms with E-state index in [0.29, 0.717) is 6.54 Å². The summed E-state index contributed by atoms with van der Waals surface area (Å²) in [7, 11) is -3.50. The molecule has 0 aliphatic carbocycles. The number of rotatable bonds is 4. The van der Waals surface area contributed by atoms with Gasteiger partial charge in [0, 0.05) is 18.8 Å². The predicted octanol–water partition coefficient (Wildman–Crippen LogP) is 2.30. The largest absolute Gasteiger partial charge is 0.244 e. The molecule has 108 valence electrons. The third-order valence-electron chi connectivity index (χ3n) is 3.65. The van der Waals surface area contributed by atoms with E-state index < -0.39 is 10.0 Å². The molecule has 5 nitrogen and oxygen atoms in total. The summed E-state index contributed by atoms with van der Waals surface area (Å²) in [6.07, 6.45) is 6.07. The predicted molar refractivity (Wildman–Crippen MR) is 75.4 cm³/mol. The van der Waals surface area contributed by atoms with Gasteiger partial charge in [-0.15, -0.1) is 0 Å². The lowest BCUT2D eigenvalue weighted by Crippen LogP contribution is -2.43. The van der Waals surface area contributed by atoms with Crippen LogP contribution in [-0.2, 0) is 10.0 Å². The van der Waals surface area contributed by atoms with Gasteiger partial charge in [0.15, 0.2) is 0 Å². The maximum absolute atomic E-state index is 12.7. The summed E-state index contributed by atoms with van der Waals surface area (Å²) in [4.78, 5) is 4.04. The van der Waals surface area contributed by atoms with Crippen molar-refractivity contribution in [2.45, 2.75) is 50.0 Å². The van der Waals surface area contributed by atoms with Crippen LogP contribution in [0.4, 0.5) is 0 Å². The first-order chi connectivity index (χ1) is 9.59. The van der Waals surface area contributed by atoms with Crippen molar-refractivity contribution in [1.82, 2.24) is 9.29 Å². The number of piperidine rings is 1. The molecule has 0 saturated carbocycles.